The number of hydrogen-bond acceptors (Lipinski definition) is 4. The molecule has 0 unspecified atom stereocenters. The van der Waals surface area contributed by atoms with Gasteiger partial charge in [-0.1, -0.05) is 0 Å². The Bertz CT molecular complexity index is 178. The van der Waals surface area contributed by atoms with Gasteiger partial charge in [-0.15, -0.1) is 25.3 Å². The van der Waals surface area contributed by atoms with E-state index in [1.54, 1.807) is 12.1 Å². The summed E-state index contributed by atoms with van der Waals surface area (Å²) in [7, 11) is 0. The minimum Gasteiger partial charge on any atom is -0.192 e. The van der Waals surface area contributed by atoms with Crippen LogP contribution in [0.3, 0.4) is 0 Å². The summed E-state index contributed by atoms with van der Waals surface area (Å²) >= 11 is 7.30. The van der Waals surface area contributed by atoms with Crippen molar-refractivity contribution < 1.29 is 0 Å². The average Bonchev–Trinajstić information content (AvgIpc) is 1.69. The SMILES string of the molecule is N#CC(C#N)=C(S)S.[Na]. The summed E-state index contributed by atoms with van der Waals surface area (Å²) in [5.41, 5.74) is -0.0586. The molecule has 0 rings (SSSR count). The van der Waals surface area contributed by atoms with E-state index in [4.69, 9.17) is 10.5 Å². The van der Waals surface area contributed by atoms with Crippen LogP contribution in [0.25, 0.3) is 0 Å². The molecule has 0 spiro atoms. The summed E-state index contributed by atoms with van der Waals surface area (Å²) in [5.74, 6) is 0. The molecule has 41 valence electrons. The Hall–Kier alpha value is 0.420. The largest absolute Gasteiger partial charge is 0.192 e. The second-order valence-corrected chi connectivity index (χ2v) is 2.17. The molecule has 1 radical (unpaired) electrons. The van der Waals surface area contributed by atoms with Gasteiger partial charge in [0.2, 0.25) is 0 Å². The zero-order chi connectivity index (χ0) is 6.57. The third-order valence-electron chi connectivity index (χ3n) is 0.447. The molecule has 0 aliphatic heterocycles. The van der Waals surface area contributed by atoms with Crippen molar-refractivity contribution in [3.63, 3.8) is 0 Å². The first-order chi connectivity index (χ1) is 3.72. The second kappa shape index (κ2) is 6.54. The minimum absolute atomic E-state index is 0. The van der Waals surface area contributed by atoms with E-state index >= 15 is 0 Å². The maximum Gasteiger partial charge on any atom is 0.149 e. The molecule has 0 saturated heterocycles. The quantitative estimate of drug-likeness (QED) is 0.316. The minimum atomic E-state index is -0.0586. The molecular weight excluding hydrogens is 163 g/mol. The molecule has 0 fully saturated rings. The van der Waals surface area contributed by atoms with Gasteiger partial charge in [-0.25, -0.2) is 0 Å². The Morgan fingerprint density at radius 3 is 1.44 bits per heavy atom. The maximum absolute atomic E-state index is 8.07. The third-order valence-corrected chi connectivity index (χ3v) is 0.894. The van der Waals surface area contributed by atoms with E-state index in [1.165, 1.54) is 0 Å². The molecular formula is C4H2N2NaS2. The van der Waals surface area contributed by atoms with Crippen LogP contribution in [-0.2, 0) is 0 Å². The van der Waals surface area contributed by atoms with Crippen molar-refractivity contribution in [2.75, 3.05) is 0 Å². The van der Waals surface area contributed by atoms with Gasteiger partial charge in [-0.05, 0) is 0 Å². The summed E-state index contributed by atoms with van der Waals surface area (Å²) in [5, 5.41) is 16.1. The van der Waals surface area contributed by atoms with Gasteiger partial charge in [-0.3, -0.25) is 0 Å². The van der Waals surface area contributed by atoms with E-state index < -0.39 is 0 Å². The number of nitriles is 2. The summed E-state index contributed by atoms with van der Waals surface area (Å²) < 4.78 is 0.162. The van der Waals surface area contributed by atoms with Crippen molar-refractivity contribution in [2.24, 2.45) is 0 Å². The second-order valence-electron chi connectivity index (χ2n) is 0.922. The van der Waals surface area contributed by atoms with Crippen LogP contribution < -0.4 is 0 Å². The van der Waals surface area contributed by atoms with Gasteiger partial charge in [0.1, 0.15) is 17.7 Å². The standard InChI is InChI=1S/C4H2N2S2.Na/c5-1-3(2-6)4(7)8;/h7-8H;. The van der Waals surface area contributed by atoms with E-state index in [0.29, 0.717) is 0 Å². The maximum atomic E-state index is 8.07. The van der Waals surface area contributed by atoms with Crippen LogP contribution in [0, 0.1) is 22.7 Å². The van der Waals surface area contributed by atoms with Gasteiger partial charge < -0.3 is 0 Å². The van der Waals surface area contributed by atoms with Crippen LogP contribution in [-0.4, -0.2) is 29.6 Å². The van der Waals surface area contributed by atoms with Crippen molar-refractivity contribution in [2.45, 2.75) is 0 Å². The fourth-order valence-corrected chi connectivity index (χ4v) is 0.325. The molecule has 0 aliphatic carbocycles. The molecule has 0 aromatic rings. The van der Waals surface area contributed by atoms with Crippen molar-refractivity contribution in [1.82, 2.24) is 0 Å². The summed E-state index contributed by atoms with van der Waals surface area (Å²) in [6, 6.07) is 3.23. The first-order valence-corrected chi connectivity index (χ1v) is 2.54. The molecule has 0 aromatic carbocycles. The average molecular weight is 165 g/mol. The molecule has 0 amide bonds. The molecule has 0 atom stereocenters. The van der Waals surface area contributed by atoms with Crippen molar-refractivity contribution >= 4 is 54.8 Å². The van der Waals surface area contributed by atoms with Gasteiger partial charge in [0.15, 0.2) is 0 Å². The van der Waals surface area contributed by atoms with E-state index in [2.05, 4.69) is 25.3 Å². The van der Waals surface area contributed by atoms with Gasteiger partial charge in [0.05, 0.1) is 4.24 Å². The summed E-state index contributed by atoms with van der Waals surface area (Å²) in [4.78, 5) is 0. The monoisotopic (exact) mass is 165 g/mol. The van der Waals surface area contributed by atoms with E-state index in [-0.39, 0.29) is 39.4 Å². The van der Waals surface area contributed by atoms with Gasteiger partial charge >= 0.3 is 0 Å². The molecule has 0 saturated carbocycles. The summed E-state index contributed by atoms with van der Waals surface area (Å²) in [6.45, 7) is 0. The number of thiol groups is 2. The van der Waals surface area contributed by atoms with E-state index in [9.17, 15) is 0 Å². The molecule has 2 nitrogen and oxygen atoms in total. The van der Waals surface area contributed by atoms with Gasteiger partial charge in [0, 0.05) is 29.6 Å². The Kier molecular flexibility index (Phi) is 8.81. The predicted molar refractivity (Wildman–Crippen MR) is 42.0 cm³/mol. The Morgan fingerprint density at radius 1 is 1.11 bits per heavy atom. The van der Waals surface area contributed by atoms with Gasteiger partial charge in [0.25, 0.3) is 0 Å². The molecule has 0 bridgehead atoms. The van der Waals surface area contributed by atoms with Crippen LogP contribution in [0.2, 0.25) is 0 Å². The zero-order valence-corrected chi connectivity index (χ0v) is 8.58. The van der Waals surface area contributed by atoms with E-state index in [0.717, 1.165) is 0 Å². The third kappa shape index (κ3) is 4.90. The molecule has 9 heavy (non-hydrogen) atoms. The van der Waals surface area contributed by atoms with Crippen molar-refractivity contribution in [3.8, 4) is 12.1 Å². The number of hydrogen-bond donors (Lipinski definition) is 2. The van der Waals surface area contributed by atoms with Crippen LogP contribution >= 0.6 is 25.3 Å². The fraction of sp³-hybridized carbons (Fsp3) is 0. The fourth-order valence-electron chi connectivity index (χ4n) is 0.125. The number of rotatable bonds is 0. The molecule has 0 aromatic heterocycles. The van der Waals surface area contributed by atoms with E-state index in [1.807, 2.05) is 0 Å². The Labute approximate surface area is 86.7 Å². The normalized spacial score (nSPS) is 5.78. The van der Waals surface area contributed by atoms with Crippen LogP contribution in [0.15, 0.2) is 9.81 Å². The molecule has 0 heterocycles. The Morgan fingerprint density at radius 2 is 1.44 bits per heavy atom. The van der Waals surface area contributed by atoms with Crippen molar-refractivity contribution in [3.05, 3.63) is 9.81 Å². The van der Waals surface area contributed by atoms with Crippen molar-refractivity contribution in [1.29, 1.82) is 10.5 Å². The first-order valence-electron chi connectivity index (χ1n) is 1.64. The van der Waals surface area contributed by atoms with Crippen LogP contribution in [0.4, 0.5) is 0 Å². The first kappa shape index (κ1) is 12.1. The number of nitrogens with zero attached hydrogens (tertiary/aromatic N) is 2. The zero-order valence-electron chi connectivity index (χ0n) is 4.79. The van der Waals surface area contributed by atoms with Crippen LogP contribution in [0.5, 0.6) is 0 Å². The van der Waals surface area contributed by atoms with Crippen LogP contribution in [0.1, 0.15) is 0 Å². The predicted octanol–water partition coefficient (Wildman–Crippen LogP) is 0.724. The summed E-state index contributed by atoms with van der Waals surface area (Å²) in [6.07, 6.45) is 0. The molecule has 5 heteroatoms. The Balaban J connectivity index is 0. The topological polar surface area (TPSA) is 47.6 Å². The molecule has 0 N–H and O–H groups in total. The smallest absolute Gasteiger partial charge is 0.149 e. The number of allylic oxidation sites excluding steroid dienone is 1. The van der Waals surface area contributed by atoms with Gasteiger partial charge in [-0.2, -0.15) is 10.5 Å². The molecule has 0 aliphatic rings.